The van der Waals surface area contributed by atoms with Crippen LogP contribution in [0.4, 0.5) is 4.79 Å². The summed E-state index contributed by atoms with van der Waals surface area (Å²) in [7, 11) is 6.72. The van der Waals surface area contributed by atoms with Gasteiger partial charge in [-0.25, -0.2) is 4.79 Å². The predicted octanol–water partition coefficient (Wildman–Crippen LogP) is 4.79. The smallest absolute Gasteiger partial charge is 0.407 e. The van der Waals surface area contributed by atoms with Crippen LogP contribution in [0.1, 0.15) is 106 Å². The van der Waals surface area contributed by atoms with Crippen molar-refractivity contribution in [2.24, 2.45) is 23.7 Å². The molecule has 0 bridgehead atoms. The molecule has 0 unspecified atom stereocenters. The summed E-state index contributed by atoms with van der Waals surface area (Å²) < 4.78 is 44.2. The van der Waals surface area contributed by atoms with E-state index in [0.29, 0.717) is 12.8 Å². The van der Waals surface area contributed by atoms with Crippen molar-refractivity contribution in [1.29, 1.82) is 0 Å². The van der Waals surface area contributed by atoms with Gasteiger partial charge in [0.1, 0.15) is 35.3 Å². The molecule has 61 heavy (non-hydrogen) atoms. The third kappa shape index (κ3) is 12.3. The number of cyclic esters (lactones) is 1. The first kappa shape index (κ1) is 50.9. The highest BCUT2D eigenvalue weighted by Crippen LogP contribution is 2.42. The molecule has 15 heteroatoms. The maximum absolute atomic E-state index is 14.4. The highest BCUT2D eigenvalue weighted by molar-refractivity contribution is 5.81. The molecule has 2 aliphatic heterocycles. The maximum atomic E-state index is 14.4. The number of esters is 1. The van der Waals surface area contributed by atoms with Gasteiger partial charge in [-0.3, -0.25) is 9.59 Å². The zero-order valence-electron chi connectivity index (χ0n) is 38.8. The molecule has 348 valence electrons. The number of aliphatic hydroxyl groups excluding tert-OH is 1. The zero-order valence-corrected chi connectivity index (χ0v) is 38.8. The molecule has 15 nitrogen and oxygen atoms in total. The largest absolute Gasteiger partial charge is 0.459 e. The van der Waals surface area contributed by atoms with Crippen LogP contribution in [0.3, 0.4) is 0 Å². The number of hydrogen-bond donors (Lipinski definition) is 4. The number of methoxy groups -OCH3 is 2. The lowest BCUT2D eigenvalue weighted by molar-refractivity contribution is -0.304. The van der Waals surface area contributed by atoms with E-state index in [1.165, 1.54) is 21.1 Å². The Morgan fingerprint density at radius 3 is 2.18 bits per heavy atom. The van der Waals surface area contributed by atoms with E-state index in [0.717, 1.165) is 5.56 Å². The third-order valence-corrected chi connectivity index (χ3v) is 13.6. The number of hydrogen-bond acceptors (Lipinski definition) is 14. The van der Waals surface area contributed by atoms with E-state index in [1.54, 1.807) is 27.7 Å². The van der Waals surface area contributed by atoms with E-state index in [2.05, 4.69) is 5.32 Å². The molecule has 1 aliphatic carbocycles. The molecule has 0 aromatic heterocycles. The lowest BCUT2D eigenvalue weighted by Crippen LogP contribution is -2.60. The second-order valence-electron chi connectivity index (χ2n) is 19.0. The van der Waals surface area contributed by atoms with Crippen LogP contribution >= 0.6 is 0 Å². The number of ketones is 1. The summed E-state index contributed by atoms with van der Waals surface area (Å²) in [5.41, 5.74) is -3.58. The first-order valence-electron chi connectivity index (χ1n) is 22.0. The van der Waals surface area contributed by atoms with E-state index >= 15 is 0 Å². The highest BCUT2D eigenvalue weighted by atomic mass is 16.7. The van der Waals surface area contributed by atoms with Crippen LogP contribution < -0.4 is 5.32 Å². The van der Waals surface area contributed by atoms with Gasteiger partial charge in [0.15, 0.2) is 6.29 Å². The number of carbonyl (C=O) groups excluding carboxylic acids is 3. The topological polar surface area (TPSA) is 192 Å². The molecule has 4 N–H and O–H groups in total. The molecule has 17 atom stereocenters. The van der Waals surface area contributed by atoms with Crippen LogP contribution in [0.25, 0.3) is 0 Å². The SMILES string of the molecule is CC[C@H]1OC(=O)[C@H](C)[C@@H](O[C@@H]2C[C@@H](C)[C@H](OC(=O)NCc3ccccc3)[C@](C)(O)C2)[C@H](C)[C@@H](O[C@@H]2O[C@H](C)C[C@H](N(C)C)[C@H]2O)[C@@](C)(OC)C[C@@H](C)C(=O)C[C@@H](OC)[C@]1(C)O. The molecule has 2 heterocycles. The summed E-state index contributed by atoms with van der Waals surface area (Å²) in [6, 6.07) is 9.15. The Hall–Kier alpha value is -2.73. The van der Waals surface area contributed by atoms with E-state index in [1.807, 2.05) is 77.0 Å². The summed E-state index contributed by atoms with van der Waals surface area (Å²) in [5.74, 6) is -3.50. The molecule has 3 aliphatic rings. The minimum absolute atomic E-state index is 0.0614. The molecule has 2 saturated heterocycles. The number of amides is 1. The molecule has 1 aromatic carbocycles. The second-order valence-corrected chi connectivity index (χ2v) is 19.0. The summed E-state index contributed by atoms with van der Waals surface area (Å²) in [6.07, 6.45) is -7.29. The van der Waals surface area contributed by atoms with Crippen LogP contribution in [0.5, 0.6) is 0 Å². The number of carbonyl (C=O) groups is 3. The average Bonchev–Trinajstić information content (AvgIpc) is 3.20. The Labute approximate surface area is 363 Å². The van der Waals surface area contributed by atoms with Crippen molar-refractivity contribution in [2.45, 2.75) is 185 Å². The third-order valence-electron chi connectivity index (χ3n) is 13.6. The van der Waals surface area contributed by atoms with Gasteiger partial charge in [0.25, 0.3) is 0 Å². The zero-order chi connectivity index (χ0) is 45.6. The monoisotopic (exact) mass is 865 g/mol. The average molecular weight is 865 g/mol. The van der Waals surface area contributed by atoms with Gasteiger partial charge in [-0.2, -0.15) is 0 Å². The minimum atomic E-state index is -1.73. The minimum Gasteiger partial charge on any atom is -0.459 e. The Kier molecular flexibility index (Phi) is 17.8. The van der Waals surface area contributed by atoms with Gasteiger partial charge >= 0.3 is 12.1 Å². The lowest BCUT2D eigenvalue weighted by atomic mass is 9.74. The van der Waals surface area contributed by atoms with Crippen LogP contribution in [0, 0.1) is 23.7 Å². The number of Topliss-reactive ketones (excluding diaryl/α,β-unsaturated/α-hetero) is 1. The molecule has 1 aromatic rings. The fourth-order valence-corrected chi connectivity index (χ4v) is 9.96. The van der Waals surface area contributed by atoms with Gasteiger partial charge in [-0.05, 0) is 85.9 Å². The van der Waals surface area contributed by atoms with Crippen LogP contribution in [-0.2, 0) is 49.3 Å². The van der Waals surface area contributed by atoms with Crippen molar-refractivity contribution < 1.29 is 62.9 Å². The Bertz CT molecular complexity index is 1580. The number of alkyl carbamates (subject to hydrolysis) is 1. The Morgan fingerprint density at radius 2 is 1.61 bits per heavy atom. The number of nitrogens with one attached hydrogen (secondary N) is 1. The standard InChI is InChI=1S/C46H76N2O13/c1-14-35-46(9,54)36(55-12)22-34(49)27(3)23-45(8,56-13)40(60-42-37(50)33(48(10)11)21-28(4)57-42)29(5)38(30(6)41(51)59-35)58-32-20-26(2)39(44(7,53)24-32)61-43(52)47-25-31-18-16-15-17-19-31/h15-19,26-30,32-33,35-40,42,50,53-54H,14,20-25H2,1-13H3,(H,47,52)/t26-,27-,28-,29+,30-,32-,33+,35-,36-,37-,38+,39+,40-,42+,44-,45+,46-/m1/s1. The van der Waals surface area contributed by atoms with Crippen molar-refractivity contribution in [3.63, 3.8) is 0 Å². The molecule has 1 amide bonds. The molecule has 0 radical (unpaired) electrons. The molecule has 3 fully saturated rings. The fraction of sp³-hybridized carbons (Fsp3) is 0.804. The van der Waals surface area contributed by atoms with Crippen molar-refractivity contribution in [1.82, 2.24) is 10.2 Å². The van der Waals surface area contributed by atoms with Gasteiger partial charge in [0.2, 0.25) is 0 Å². The molecule has 4 rings (SSSR count). The number of likely N-dealkylation sites (N-methyl/N-ethyl adjacent to an activating group) is 1. The van der Waals surface area contributed by atoms with Crippen LogP contribution in [0.15, 0.2) is 30.3 Å². The highest BCUT2D eigenvalue weighted by Gasteiger charge is 2.53. The van der Waals surface area contributed by atoms with Gasteiger partial charge in [0.05, 0.1) is 42.0 Å². The van der Waals surface area contributed by atoms with Crippen molar-refractivity contribution >= 4 is 17.8 Å². The number of aliphatic hydroxyl groups is 3. The predicted molar refractivity (Wildman–Crippen MR) is 227 cm³/mol. The number of rotatable bonds is 11. The fourth-order valence-electron chi connectivity index (χ4n) is 9.96. The van der Waals surface area contributed by atoms with Gasteiger partial charge in [-0.1, -0.05) is 58.0 Å². The normalized spacial score (nSPS) is 42.0. The van der Waals surface area contributed by atoms with Gasteiger partial charge in [0, 0.05) is 51.5 Å². The summed E-state index contributed by atoms with van der Waals surface area (Å²) >= 11 is 0. The van der Waals surface area contributed by atoms with Gasteiger partial charge in [-0.15, -0.1) is 0 Å². The quantitative estimate of drug-likeness (QED) is 0.222. The maximum Gasteiger partial charge on any atom is 0.407 e. The number of benzene rings is 1. The number of ether oxygens (including phenoxy) is 7. The van der Waals surface area contributed by atoms with E-state index < -0.39 is 95.6 Å². The van der Waals surface area contributed by atoms with Crippen LogP contribution in [0.2, 0.25) is 0 Å². The summed E-state index contributed by atoms with van der Waals surface area (Å²) in [5, 5.41) is 38.3. The summed E-state index contributed by atoms with van der Waals surface area (Å²) in [4.78, 5) is 43.4. The Balaban J connectivity index is 1.75. The van der Waals surface area contributed by atoms with E-state index in [9.17, 15) is 29.7 Å². The summed E-state index contributed by atoms with van der Waals surface area (Å²) in [6.45, 7) is 16.2. The molecular weight excluding hydrogens is 789 g/mol. The van der Waals surface area contributed by atoms with E-state index in [-0.39, 0.29) is 56.1 Å². The Morgan fingerprint density at radius 1 is 0.951 bits per heavy atom. The number of nitrogens with zero attached hydrogens (tertiary/aromatic N) is 1. The van der Waals surface area contributed by atoms with Crippen LogP contribution in [-0.4, -0.2) is 144 Å². The second kappa shape index (κ2) is 21.3. The molecule has 1 saturated carbocycles. The van der Waals surface area contributed by atoms with Crippen molar-refractivity contribution in [3.8, 4) is 0 Å². The van der Waals surface area contributed by atoms with Crippen molar-refractivity contribution in [3.05, 3.63) is 35.9 Å². The lowest BCUT2D eigenvalue weighted by Gasteiger charge is -2.49. The first-order chi connectivity index (χ1) is 28.5. The van der Waals surface area contributed by atoms with Crippen molar-refractivity contribution in [2.75, 3.05) is 28.3 Å². The molecule has 0 spiro atoms. The van der Waals surface area contributed by atoms with E-state index in [4.69, 9.17) is 33.2 Å². The van der Waals surface area contributed by atoms with Gasteiger partial charge < -0.3 is 58.7 Å². The first-order valence-corrected chi connectivity index (χ1v) is 22.0. The molecular formula is C46H76N2O13.